The Balaban J connectivity index is 1.95. The number of carbonyl (C=O) groups is 1. The fraction of sp³-hybridized carbons (Fsp3) is 0.562. The topological polar surface area (TPSA) is 59.6 Å². The maximum absolute atomic E-state index is 11.7. The molecule has 5 nitrogen and oxygen atoms in total. The van der Waals surface area contributed by atoms with Crippen LogP contribution in [-0.4, -0.2) is 30.9 Å². The number of rotatable bonds is 3. The van der Waals surface area contributed by atoms with E-state index >= 15 is 0 Å². The number of piperidine rings is 1. The van der Waals surface area contributed by atoms with Gasteiger partial charge in [-0.2, -0.15) is 0 Å². The van der Waals surface area contributed by atoms with Gasteiger partial charge in [-0.15, -0.1) is 0 Å². The lowest BCUT2D eigenvalue weighted by Crippen LogP contribution is -2.34. The predicted octanol–water partition coefficient (Wildman–Crippen LogP) is 3.82. The number of anilines is 1. The second kappa shape index (κ2) is 7.20. The van der Waals surface area contributed by atoms with Gasteiger partial charge in [-0.05, 0) is 64.9 Å². The zero-order valence-electron chi connectivity index (χ0n) is 13.2. The molecule has 122 valence electrons. The van der Waals surface area contributed by atoms with Gasteiger partial charge in [-0.1, -0.05) is 11.6 Å². The molecule has 0 atom stereocenters. The second-order valence-electron chi connectivity index (χ2n) is 6.34. The fourth-order valence-electron chi connectivity index (χ4n) is 2.19. The van der Waals surface area contributed by atoms with Gasteiger partial charge in [-0.25, -0.2) is 4.79 Å². The summed E-state index contributed by atoms with van der Waals surface area (Å²) in [7, 11) is 0. The molecule has 0 radical (unpaired) electrons. The van der Waals surface area contributed by atoms with Gasteiger partial charge in [0.15, 0.2) is 0 Å². The molecule has 6 heteroatoms. The molecule has 0 bridgehead atoms. The summed E-state index contributed by atoms with van der Waals surface area (Å²) in [5.74, 6) is 0.642. The van der Waals surface area contributed by atoms with E-state index in [-0.39, 0.29) is 6.10 Å². The molecule has 1 amide bonds. The van der Waals surface area contributed by atoms with E-state index in [2.05, 4.69) is 10.6 Å². The standard InChI is InChI=1S/C16H23ClN2O3/c1-16(2,3)22-15(20)19-11-4-5-14(13(17)10-11)21-12-6-8-18-9-7-12/h4-5,10,12,18H,6-9H2,1-3H3,(H,19,20). The average Bonchev–Trinajstić information content (AvgIpc) is 2.41. The molecule has 22 heavy (non-hydrogen) atoms. The molecular formula is C16H23ClN2O3. The summed E-state index contributed by atoms with van der Waals surface area (Å²) in [5.41, 5.74) is 0.0447. The van der Waals surface area contributed by atoms with Crippen molar-refractivity contribution in [3.63, 3.8) is 0 Å². The van der Waals surface area contributed by atoms with E-state index in [1.165, 1.54) is 0 Å². The molecule has 0 spiro atoms. The molecule has 0 unspecified atom stereocenters. The molecule has 2 N–H and O–H groups in total. The zero-order chi connectivity index (χ0) is 16.2. The molecule has 1 heterocycles. The Labute approximate surface area is 136 Å². The van der Waals surface area contributed by atoms with Crippen molar-refractivity contribution < 1.29 is 14.3 Å². The Morgan fingerprint density at radius 2 is 2.00 bits per heavy atom. The van der Waals surface area contributed by atoms with Gasteiger partial charge in [0.2, 0.25) is 0 Å². The van der Waals surface area contributed by atoms with Crippen LogP contribution in [0, 0.1) is 0 Å². The molecule has 0 aromatic heterocycles. The van der Waals surface area contributed by atoms with E-state index in [0.717, 1.165) is 25.9 Å². The summed E-state index contributed by atoms with van der Waals surface area (Å²) in [5, 5.41) is 6.43. The third kappa shape index (κ3) is 5.39. The van der Waals surface area contributed by atoms with Crippen LogP contribution >= 0.6 is 11.6 Å². The summed E-state index contributed by atoms with van der Waals surface area (Å²) in [6, 6.07) is 5.20. The van der Waals surface area contributed by atoms with Crippen molar-refractivity contribution in [3.05, 3.63) is 23.2 Å². The van der Waals surface area contributed by atoms with Gasteiger partial charge in [0.25, 0.3) is 0 Å². The Morgan fingerprint density at radius 1 is 1.32 bits per heavy atom. The highest BCUT2D eigenvalue weighted by Gasteiger charge is 2.18. The highest BCUT2D eigenvalue weighted by molar-refractivity contribution is 6.32. The number of hydrogen-bond acceptors (Lipinski definition) is 4. The van der Waals surface area contributed by atoms with E-state index in [0.29, 0.717) is 16.5 Å². The van der Waals surface area contributed by atoms with Crippen LogP contribution in [0.3, 0.4) is 0 Å². The number of ether oxygens (including phenoxy) is 2. The predicted molar refractivity (Wildman–Crippen MR) is 87.8 cm³/mol. The van der Waals surface area contributed by atoms with Gasteiger partial charge in [0, 0.05) is 5.69 Å². The highest BCUT2D eigenvalue weighted by Crippen LogP contribution is 2.29. The molecule has 1 aromatic carbocycles. The second-order valence-corrected chi connectivity index (χ2v) is 6.75. The maximum Gasteiger partial charge on any atom is 0.412 e. The van der Waals surface area contributed by atoms with Crippen molar-refractivity contribution in [2.75, 3.05) is 18.4 Å². The van der Waals surface area contributed by atoms with E-state index in [1.54, 1.807) is 18.2 Å². The number of halogens is 1. The van der Waals surface area contributed by atoms with Crippen molar-refractivity contribution in [1.29, 1.82) is 0 Å². The molecule has 0 aliphatic carbocycles. The number of nitrogens with one attached hydrogen (secondary N) is 2. The smallest absolute Gasteiger partial charge is 0.412 e. The molecule has 1 fully saturated rings. The molecule has 1 saturated heterocycles. The van der Waals surface area contributed by atoms with Gasteiger partial charge >= 0.3 is 6.09 Å². The first kappa shape index (κ1) is 16.9. The van der Waals surface area contributed by atoms with Crippen molar-refractivity contribution in [3.8, 4) is 5.75 Å². The fourth-order valence-corrected chi connectivity index (χ4v) is 2.41. The summed E-state index contributed by atoms with van der Waals surface area (Å²) in [6.45, 7) is 7.36. The maximum atomic E-state index is 11.7. The first-order valence-corrected chi connectivity index (χ1v) is 7.88. The first-order valence-electron chi connectivity index (χ1n) is 7.50. The lowest BCUT2D eigenvalue weighted by molar-refractivity contribution is 0.0636. The molecule has 1 aromatic rings. The Hall–Kier alpha value is -1.46. The van der Waals surface area contributed by atoms with Crippen molar-refractivity contribution in [2.24, 2.45) is 0 Å². The monoisotopic (exact) mass is 326 g/mol. The van der Waals surface area contributed by atoms with E-state index in [9.17, 15) is 4.79 Å². The Kier molecular flexibility index (Phi) is 5.53. The zero-order valence-corrected chi connectivity index (χ0v) is 14.0. The lowest BCUT2D eigenvalue weighted by atomic mass is 10.1. The minimum atomic E-state index is -0.536. The van der Waals surface area contributed by atoms with Crippen LogP contribution in [0.1, 0.15) is 33.6 Å². The molecule has 1 aliphatic rings. The molecular weight excluding hydrogens is 304 g/mol. The minimum absolute atomic E-state index is 0.184. The molecule has 0 saturated carbocycles. The third-order valence-electron chi connectivity index (χ3n) is 3.16. The minimum Gasteiger partial charge on any atom is -0.489 e. The van der Waals surface area contributed by atoms with Crippen LogP contribution in [0.5, 0.6) is 5.75 Å². The van der Waals surface area contributed by atoms with E-state index < -0.39 is 11.7 Å². The van der Waals surface area contributed by atoms with Crippen molar-refractivity contribution in [1.82, 2.24) is 5.32 Å². The van der Waals surface area contributed by atoms with Gasteiger partial charge in [0.05, 0.1) is 5.02 Å². The van der Waals surface area contributed by atoms with Crippen molar-refractivity contribution in [2.45, 2.75) is 45.3 Å². The van der Waals surface area contributed by atoms with Crippen LogP contribution in [0.25, 0.3) is 0 Å². The molecule has 2 rings (SSSR count). The summed E-state index contributed by atoms with van der Waals surface area (Å²) < 4.78 is 11.1. The SMILES string of the molecule is CC(C)(C)OC(=O)Nc1ccc(OC2CCNCC2)c(Cl)c1. The van der Waals surface area contributed by atoms with Gasteiger partial charge in [-0.3, -0.25) is 5.32 Å². The number of carbonyl (C=O) groups excluding carboxylic acids is 1. The lowest BCUT2D eigenvalue weighted by Gasteiger charge is -2.24. The van der Waals surface area contributed by atoms with Crippen LogP contribution in [0.15, 0.2) is 18.2 Å². The summed E-state index contributed by atoms with van der Waals surface area (Å²) in [6.07, 6.45) is 1.61. The van der Waals surface area contributed by atoms with E-state index in [1.807, 2.05) is 20.8 Å². The number of hydrogen-bond donors (Lipinski definition) is 2. The quantitative estimate of drug-likeness (QED) is 0.886. The van der Waals surface area contributed by atoms with E-state index in [4.69, 9.17) is 21.1 Å². The highest BCUT2D eigenvalue weighted by atomic mass is 35.5. The van der Waals surface area contributed by atoms with Gasteiger partial charge in [0.1, 0.15) is 17.5 Å². The van der Waals surface area contributed by atoms with Crippen LogP contribution < -0.4 is 15.4 Å². The van der Waals surface area contributed by atoms with Crippen molar-refractivity contribution >= 4 is 23.4 Å². The summed E-state index contributed by atoms with van der Waals surface area (Å²) in [4.78, 5) is 11.7. The normalized spacial score (nSPS) is 16.2. The average molecular weight is 327 g/mol. The Bertz CT molecular complexity index is 523. The number of benzene rings is 1. The van der Waals surface area contributed by atoms with Crippen LogP contribution in [0.4, 0.5) is 10.5 Å². The largest absolute Gasteiger partial charge is 0.489 e. The van der Waals surface area contributed by atoms with Gasteiger partial charge < -0.3 is 14.8 Å². The summed E-state index contributed by atoms with van der Waals surface area (Å²) >= 11 is 6.23. The number of amides is 1. The Morgan fingerprint density at radius 3 is 2.59 bits per heavy atom. The molecule has 1 aliphatic heterocycles. The van der Waals surface area contributed by atoms with Crippen LogP contribution in [0.2, 0.25) is 5.02 Å². The first-order chi connectivity index (χ1) is 10.3. The third-order valence-corrected chi connectivity index (χ3v) is 3.45. The van der Waals surface area contributed by atoms with Crippen LogP contribution in [-0.2, 0) is 4.74 Å².